The zero-order chi connectivity index (χ0) is 21.0. The summed E-state index contributed by atoms with van der Waals surface area (Å²) in [5.41, 5.74) is 2.25. The number of hydrogen-bond donors (Lipinski definition) is 1. The van der Waals surface area contributed by atoms with E-state index in [1.165, 1.54) is 30.3 Å². The Balaban J connectivity index is 1.72. The molecule has 3 rings (SSSR count). The highest BCUT2D eigenvalue weighted by Gasteiger charge is 2.17. The molecule has 0 atom stereocenters. The number of carbonyl (C=O) groups is 2. The lowest BCUT2D eigenvalue weighted by Gasteiger charge is -2.17. The van der Waals surface area contributed by atoms with E-state index in [4.69, 9.17) is 4.42 Å². The molecule has 0 saturated carbocycles. The summed E-state index contributed by atoms with van der Waals surface area (Å²) < 4.78 is 19.9. The molecule has 8 heteroatoms. The van der Waals surface area contributed by atoms with Crippen LogP contribution in [-0.2, 0) is 11.3 Å². The maximum atomic E-state index is 14.4. The van der Waals surface area contributed by atoms with E-state index in [1.807, 2.05) is 13.0 Å². The molecule has 2 heterocycles. The Morgan fingerprint density at radius 1 is 1.24 bits per heavy atom. The number of nitrogens with one attached hydrogen (secondary N) is 1. The first-order chi connectivity index (χ1) is 13.9. The first kappa shape index (κ1) is 20.2. The van der Waals surface area contributed by atoms with Crippen molar-refractivity contribution in [3.05, 3.63) is 65.6 Å². The van der Waals surface area contributed by atoms with Gasteiger partial charge < -0.3 is 14.6 Å². The topological polar surface area (TPSA) is 88.3 Å². The van der Waals surface area contributed by atoms with Gasteiger partial charge in [0.05, 0.1) is 11.9 Å². The second-order valence-corrected chi connectivity index (χ2v) is 6.43. The van der Waals surface area contributed by atoms with Crippen LogP contribution in [0, 0.1) is 12.7 Å². The summed E-state index contributed by atoms with van der Waals surface area (Å²) in [6.45, 7) is 3.87. The Hall–Kier alpha value is -3.55. The third-order valence-electron chi connectivity index (χ3n) is 4.52. The monoisotopic (exact) mass is 396 g/mol. The molecule has 150 valence electrons. The van der Waals surface area contributed by atoms with Crippen molar-refractivity contribution in [1.82, 2.24) is 15.3 Å². The molecule has 2 amide bonds. The molecule has 3 aromatic rings. The van der Waals surface area contributed by atoms with Crippen molar-refractivity contribution in [3.63, 3.8) is 0 Å². The number of anilines is 1. The molecule has 0 aliphatic carbocycles. The highest BCUT2D eigenvalue weighted by molar-refractivity contribution is 5.93. The minimum atomic E-state index is -0.581. The van der Waals surface area contributed by atoms with E-state index in [9.17, 15) is 14.0 Å². The Morgan fingerprint density at radius 2 is 2.03 bits per heavy atom. The number of hydrogen-bond acceptors (Lipinski definition) is 5. The van der Waals surface area contributed by atoms with Crippen LogP contribution in [0.4, 0.5) is 10.1 Å². The van der Waals surface area contributed by atoms with Crippen LogP contribution < -0.4 is 10.2 Å². The van der Waals surface area contributed by atoms with E-state index in [-0.39, 0.29) is 29.7 Å². The minimum absolute atomic E-state index is 0.0179. The van der Waals surface area contributed by atoms with E-state index in [1.54, 1.807) is 25.3 Å². The van der Waals surface area contributed by atoms with E-state index < -0.39 is 11.7 Å². The van der Waals surface area contributed by atoms with E-state index in [2.05, 4.69) is 15.3 Å². The average Bonchev–Trinajstić information content (AvgIpc) is 3.22. The SMILES string of the molecule is CCC(=O)N(C)c1ccc(-c2ncc(C(=O)NCc3cccnc3C)o2)cc1F. The third-order valence-corrected chi connectivity index (χ3v) is 4.52. The van der Waals surface area contributed by atoms with Gasteiger partial charge in [0.2, 0.25) is 17.6 Å². The highest BCUT2D eigenvalue weighted by atomic mass is 19.1. The number of amides is 2. The van der Waals surface area contributed by atoms with Crippen LogP contribution in [0.2, 0.25) is 0 Å². The largest absolute Gasteiger partial charge is 0.431 e. The maximum Gasteiger partial charge on any atom is 0.288 e. The molecule has 7 nitrogen and oxygen atoms in total. The van der Waals surface area contributed by atoms with E-state index in [0.29, 0.717) is 12.1 Å². The summed E-state index contributed by atoms with van der Waals surface area (Å²) in [4.78, 5) is 33.6. The van der Waals surface area contributed by atoms with Crippen LogP contribution >= 0.6 is 0 Å². The van der Waals surface area contributed by atoms with E-state index >= 15 is 0 Å². The average molecular weight is 396 g/mol. The van der Waals surface area contributed by atoms with Gasteiger partial charge in [-0.2, -0.15) is 0 Å². The van der Waals surface area contributed by atoms with Crippen molar-refractivity contribution in [2.45, 2.75) is 26.8 Å². The quantitative estimate of drug-likeness (QED) is 0.689. The zero-order valence-corrected chi connectivity index (χ0v) is 16.4. The van der Waals surface area contributed by atoms with Gasteiger partial charge in [-0.15, -0.1) is 0 Å². The molecular formula is C21H21FN4O3. The van der Waals surface area contributed by atoms with Crippen LogP contribution in [0.15, 0.2) is 47.1 Å². The van der Waals surface area contributed by atoms with Gasteiger partial charge in [0.1, 0.15) is 5.82 Å². The molecule has 0 spiro atoms. The predicted molar refractivity (Wildman–Crippen MR) is 106 cm³/mol. The summed E-state index contributed by atoms with van der Waals surface area (Å²) in [5.74, 6) is -1.08. The summed E-state index contributed by atoms with van der Waals surface area (Å²) in [6, 6.07) is 7.96. The highest BCUT2D eigenvalue weighted by Crippen LogP contribution is 2.26. The normalized spacial score (nSPS) is 10.6. The van der Waals surface area contributed by atoms with Crippen molar-refractivity contribution >= 4 is 17.5 Å². The molecule has 29 heavy (non-hydrogen) atoms. The summed E-state index contributed by atoms with van der Waals surface area (Å²) >= 11 is 0. The van der Waals surface area contributed by atoms with Crippen LogP contribution in [0.1, 0.15) is 35.2 Å². The zero-order valence-electron chi connectivity index (χ0n) is 16.4. The van der Waals surface area contributed by atoms with E-state index in [0.717, 1.165) is 11.3 Å². The molecule has 0 saturated heterocycles. The van der Waals surface area contributed by atoms with Gasteiger partial charge in [-0.1, -0.05) is 13.0 Å². The Bertz CT molecular complexity index is 1050. The number of nitrogens with zero attached hydrogens (tertiary/aromatic N) is 3. The second kappa shape index (κ2) is 8.64. The number of pyridine rings is 1. The van der Waals surface area contributed by atoms with Crippen LogP contribution in [0.3, 0.4) is 0 Å². The van der Waals surface area contributed by atoms with Crippen LogP contribution in [-0.4, -0.2) is 28.8 Å². The van der Waals surface area contributed by atoms with Crippen molar-refractivity contribution in [2.24, 2.45) is 0 Å². The smallest absolute Gasteiger partial charge is 0.288 e. The first-order valence-electron chi connectivity index (χ1n) is 9.11. The van der Waals surface area contributed by atoms with Crippen LogP contribution in [0.25, 0.3) is 11.5 Å². The van der Waals surface area contributed by atoms with Gasteiger partial charge in [-0.25, -0.2) is 9.37 Å². The molecule has 0 aliphatic heterocycles. The fourth-order valence-corrected chi connectivity index (χ4v) is 2.76. The van der Waals surface area contributed by atoms with Gasteiger partial charge in [0.15, 0.2) is 0 Å². The van der Waals surface area contributed by atoms with Crippen molar-refractivity contribution < 1.29 is 18.4 Å². The fraction of sp³-hybridized carbons (Fsp3) is 0.238. The summed E-state index contributed by atoms with van der Waals surface area (Å²) in [5, 5.41) is 2.74. The standard InChI is InChI=1S/C21H21FN4O3/c1-4-19(27)26(3)17-8-7-14(10-16(17)22)21-25-12-18(29-21)20(28)24-11-15-6-5-9-23-13(15)2/h5-10,12H,4,11H2,1-3H3,(H,24,28). The number of oxazole rings is 1. The maximum absolute atomic E-state index is 14.4. The van der Waals surface area contributed by atoms with Crippen molar-refractivity contribution in [2.75, 3.05) is 11.9 Å². The van der Waals surface area contributed by atoms with Gasteiger partial charge in [0.25, 0.3) is 5.91 Å². The lowest BCUT2D eigenvalue weighted by Crippen LogP contribution is -2.25. The number of halogens is 1. The van der Waals surface area contributed by atoms with Gasteiger partial charge in [-0.3, -0.25) is 14.6 Å². The number of aryl methyl sites for hydroxylation is 1. The van der Waals surface area contributed by atoms with Crippen molar-refractivity contribution in [1.29, 1.82) is 0 Å². The molecular weight excluding hydrogens is 375 g/mol. The summed E-state index contributed by atoms with van der Waals surface area (Å²) in [7, 11) is 1.52. The third kappa shape index (κ3) is 4.48. The Kier molecular flexibility index (Phi) is 6.01. The second-order valence-electron chi connectivity index (χ2n) is 6.43. The number of benzene rings is 1. The van der Waals surface area contributed by atoms with Crippen molar-refractivity contribution in [3.8, 4) is 11.5 Å². The number of aromatic nitrogens is 2. The lowest BCUT2D eigenvalue weighted by molar-refractivity contribution is -0.118. The molecule has 1 N–H and O–H groups in total. The van der Waals surface area contributed by atoms with Gasteiger partial charge >= 0.3 is 0 Å². The molecule has 0 radical (unpaired) electrons. The Labute approximate surface area is 167 Å². The Morgan fingerprint density at radius 3 is 2.72 bits per heavy atom. The molecule has 1 aromatic carbocycles. The van der Waals surface area contributed by atoms with Gasteiger partial charge in [-0.05, 0) is 36.8 Å². The molecule has 0 fully saturated rings. The lowest BCUT2D eigenvalue weighted by atomic mass is 10.2. The predicted octanol–water partition coefficient (Wildman–Crippen LogP) is 3.49. The molecule has 2 aromatic heterocycles. The first-order valence-corrected chi connectivity index (χ1v) is 9.11. The molecule has 0 unspecified atom stereocenters. The minimum Gasteiger partial charge on any atom is -0.431 e. The summed E-state index contributed by atoms with van der Waals surface area (Å²) in [6.07, 6.45) is 3.25. The fourth-order valence-electron chi connectivity index (χ4n) is 2.76. The number of carbonyl (C=O) groups excluding carboxylic acids is 2. The van der Waals surface area contributed by atoms with Crippen LogP contribution in [0.5, 0.6) is 0 Å². The van der Waals surface area contributed by atoms with Gasteiger partial charge in [0, 0.05) is 37.5 Å². The number of rotatable bonds is 6. The molecule has 0 bridgehead atoms. The molecule has 0 aliphatic rings.